The highest BCUT2D eigenvalue weighted by Gasteiger charge is 2.22. The lowest BCUT2D eigenvalue weighted by molar-refractivity contribution is -0.132. The van der Waals surface area contributed by atoms with Crippen molar-refractivity contribution in [2.24, 2.45) is 5.92 Å². The Bertz CT molecular complexity index is 179. The zero-order chi connectivity index (χ0) is 9.84. The number of hydrogen-bond donors (Lipinski definition) is 1. The Morgan fingerprint density at radius 3 is 2.64 bits per heavy atom. The first kappa shape index (κ1) is 13.7. The summed E-state index contributed by atoms with van der Waals surface area (Å²) in [4.78, 5) is 13.5. The zero-order valence-electron chi connectivity index (χ0n) is 9.25. The second-order valence-electron chi connectivity index (χ2n) is 4.25. The van der Waals surface area contributed by atoms with E-state index < -0.39 is 0 Å². The quantitative estimate of drug-likeness (QED) is 0.777. The summed E-state index contributed by atoms with van der Waals surface area (Å²) in [5.74, 6) is 0.744. The number of halogens is 1. The maximum Gasteiger partial charge on any atom is 0.222 e. The monoisotopic (exact) mass is 220 g/mol. The van der Waals surface area contributed by atoms with E-state index in [-0.39, 0.29) is 18.3 Å². The lowest BCUT2D eigenvalue weighted by Crippen LogP contribution is -2.38. The average Bonchev–Trinajstić information content (AvgIpc) is 2.53. The van der Waals surface area contributed by atoms with Crippen LogP contribution in [0.4, 0.5) is 0 Å². The molecule has 14 heavy (non-hydrogen) atoms. The van der Waals surface area contributed by atoms with Crippen molar-refractivity contribution >= 4 is 18.3 Å². The van der Waals surface area contributed by atoms with Gasteiger partial charge in [0.05, 0.1) is 0 Å². The molecule has 0 saturated carbocycles. The maximum absolute atomic E-state index is 11.6. The van der Waals surface area contributed by atoms with Gasteiger partial charge in [0.1, 0.15) is 0 Å². The van der Waals surface area contributed by atoms with Gasteiger partial charge in [0.25, 0.3) is 0 Å². The molecule has 0 bridgehead atoms. The highest BCUT2D eigenvalue weighted by Crippen LogP contribution is 2.10. The molecule has 1 saturated heterocycles. The molecule has 0 aromatic carbocycles. The third-order valence-corrected chi connectivity index (χ3v) is 2.56. The number of nitrogens with one attached hydrogen (secondary N) is 1. The molecule has 1 atom stereocenters. The number of rotatable bonds is 3. The van der Waals surface area contributed by atoms with Crippen molar-refractivity contribution in [3.8, 4) is 0 Å². The number of hydrogen-bond acceptors (Lipinski definition) is 2. The van der Waals surface area contributed by atoms with Crippen LogP contribution in [0.2, 0.25) is 0 Å². The van der Waals surface area contributed by atoms with Gasteiger partial charge in [0, 0.05) is 26.1 Å². The van der Waals surface area contributed by atoms with Gasteiger partial charge in [-0.25, -0.2) is 0 Å². The van der Waals surface area contributed by atoms with Crippen LogP contribution in [0.1, 0.15) is 26.7 Å². The van der Waals surface area contributed by atoms with Crippen LogP contribution >= 0.6 is 12.4 Å². The molecule has 84 valence electrons. The summed E-state index contributed by atoms with van der Waals surface area (Å²) in [6.07, 6.45) is 1.77. The summed E-state index contributed by atoms with van der Waals surface area (Å²) in [5.41, 5.74) is 0. The Kier molecular flexibility index (Phi) is 6.12. The van der Waals surface area contributed by atoms with E-state index in [0.717, 1.165) is 19.5 Å². The van der Waals surface area contributed by atoms with Crippen molar-refractivity contribution in [3.63, 3.8) is 0 Å². The summed E-state index contributed by atoms with van der Waals surface area (Å²) in [7, 11) is 1.92. The lowest BCUT2D eigenvalue weighted by Gasteiger charge is -2.24. The number of carbonyl (C=O) groups excluding carboxylic acids is 1. The van der Waals surface area contributed by atoms with Crippen LogP contribution in [-0.2, 0) is 4.79 Å². The number of likely N-dealkylation sites (N-methyl/N-ethyl adjacent to an activating group) is 1. The molecule has 1 heterocycles. The van der Waals surface area contributed by atoms with E-state index in [0.29, 0.717) is 18.4 Å². The summed E-state index contributed by atoms with van der Waals surface area (Å²) < 4.78 is 0. The highest BCUT2D eigenvalue weighted by molar-refractivity contribution is 5.85. The molecular formula is C10H21ClN2O. The Hall–Kier alpha value is -0.280. The van der Waals surface area contributed by atoms with Gasteiger partial charge < -0.3 is 10.2 Å². The third-order valence-electron chi connectivity index (χ3n) is 2.56. The number of carbonyl (C=O) groups is 1. The molecular weight excluding hydrogens is 200 g/mol. The Morgan fingerprint density at radius 2 is 2.21 bits per heavy atom. The van der Waals surface area contributed by atoms with Gasteiger partial charge in [-0.1, -0.05) is 13.8 Å². The van der Waals surface area contributed by atoms with Crippen molar-refractivity contribution < 1.29 is 4.79 Å². The van der Waals surface area contributed by atoms with E-state index in [2.05, 4.69) is 19.2 Å². The predicted molar refractivity (Wildman–Crippen MR) is 60.7 cm³/mol. The molecule has 1 rings (SSSR count). The molecule has 4 heteroatoms. The number of nitrogens with zero attached hydrogens (tertiary/aromatic N) is 1. The fourth-order valence-corrected chi connectivity index (χ4v) is 1.67. The summed E-state index contributed by atoms with van der Waals surface area (Å²) >= 11 is 0. The smallest absolute Gasteiger partial charge is 0.222 e. The van der Waals surface area contributed by atoms with Crippen LogP contribution in [0.3, 0.4) is 0 Å². The molecule has 1 fully saturated rings. The second kappa shape index (κ2) is 6.25. The summed E-state index contributed by atoms with van der Waals surface area (Å²) in [6.45, 7) is 6.17. The van der Waals surface area contributed by atoms with Gasteiger partial charge in [-0.2, -0.15) is 0 Å². The van der Waals surface area contributed by atoms with E-state index in [1.807, 2.05) is 11.9 Å². The molecule has 0 radical (unpaired) electrons. The second-order valence-corrected chi connectivity index (χ2v) is 4.25. The van der Waals surface area contributed by atoms with E-state index in [1.54, 1.807) is 0 Å². The molecule has 1 aliphatic heterocycles. The first-order chi connectivity index (χ1) is 6.11. The van der Waals surface area contributed by atoms with E-state index >= 15 is 0 Å². The van der Waals surface area contributed by atoms with Gasteiger partial charge in [-0.3, -0.25) is 4.79 Å². The molecule has 0 aromatic rings. The number of amides is 1. The molecule has 1 aliphatic rings. The maximum atomic E-state index is 11.6. The van der Waals surface area contributed by atoms with Gasteiger partial charge in [-0.05, 0) is 18.9 Å². The Labute approximate surface area is 92.6 Å². The summed E-state index contributed by atoms with van der Waals surface area (Å²) in [6, 6.07) is 0.422. The first-order valence-corrected chi connectivity index (χ1v) is 5.07. The van der Waals surface area contributed by atoms with E-state index in [9.17, 15) is 4.79 Å². The standard InChI is InChI=1S/C10H20N2O.ClH/c1-8(2)6-10(13)12(3)9-4-5-11-7-9;/h8-9,11H,4-7H2,1-3H3;1H/t9-;/m1./s1. The van der Waals surface area contributed by atoms with Crippen LogP contribution in [0.25, 0.3) is 0 Å². The Balaban J connectivity index is 0.00000169. The minimum atomic E-state index is 0. The van der Waals surface area contributed by atoms with Crippen molar-refractivity contribution in [1.82, 2.24) is 10.2 Å². The lowest BCUT2D eigenvalue weighted by atomic mass is 10.1. The molecule has 1 N–H and O–H groups in total. The molecule has 0 aromatic heterocycles. The predicted octanol–water partition coefficient (Wildman–Crippen LogP) is 1.27. The van der Waals surface area contributed by atoms with Crippen LogP contribution in [0.5, 0.6) is 0 Å². The fraction of sp³-hybridized carbons (Fsp3) is 0.900. The minimum absolute atomic E-state index is 0. The Morgan fingerprint density at radius 1 is 1.57 bits per heavy atom. The minimum Gasteiger partial charge on any atom is -0.341 e. The van der Waals surface area contributed by atoms with Crippen LogP contribution in [-0.4, -0.2) is 37.0 Å². The zero-order valence-corrected chi connectivity index (χ0v) is 10.1. The summed E-state index contributed by atoms with van der Waals surface area (Å²) in [5, 5.41) is 3.27. The van der Waals surface area contributed by atoms with Crippen molar-refractivity contribution in [2.45, 2.75) is 32.7 Å². The first-order valence-electron chi connectivity index (χ1n) is 5.07. The van der Waals surface area contributed by atoms with Gasteiger partial charge in [0.15, 0.2) is 0 Å². The largest absolute Gasteiger partial charge is 0.341 e. The molecule has 1 amide bonds. The molecule has 3 nitrogen and oxygen atoms in total. The average molecular weight is 221 g/mol. The topological polar surface area (TPSA) is 32.3 Å². The SMILES string of the molecule is CC(C)CC(=O)N(C)[C@@H]1CCNC1.Cl. The van der Waals surface area contributed by atoms with Crippen molar-refractivity contribution in [1.29, 1.82) is 0 Å². The highest BCUT2D eigenvalue weighted by atomic mass is 35.5. The molecule has 0 unspecified atom stereocenters. The van der Waals surface area contributed by atoms with Gasteiger partial charge in [-0.15, -0.1) is 12.4 Å². The molecule has 0 aliphatic carbocycles. The van der Waals surface area contributed by atoms with Gasteiger partial charge >= 0.3 is 0 Å². The normalized spacial score (nSPS) is 20.7. The van der Waals surface area contributed by atoms with E-state index in [4.69, 9.17) is 0 Å². The fourth-order valence-electron chi connectivity index (χ4n) is 1.67. The van der Waals surface area contributed by atoms with Gasteiger partial charge in [0.2, 0.25) is 5.91 Å². The van der Waals surface area contributed by atoms with Crippen LogP contribution in [0, 0.1) is 5.92 Å². The van der Waals surface area contributed by atoms with Crippen molar-refractivity contribution in [2.75, 3.05) is 20.1 Å². The molecule has 0 spiro atoms. The third kappa shape index (κ3) is 3.84. The van der Waals surface area contributed by atoms with Crippen LogP contribution in [0.15, 0.2) is 0 Å². The van der Waals surface area contributed by atoms with E-state index in [1.165, 1.54) is 0 Å². The van der Waals surface area contributed by atoms with Crippen molar-refractivity contribution in [3.05, 3.63) is 0 Å². The van der Waals surface area contributed by atoms with Crippen LogP contribution < -0.4 is 5.32 Å².